The Morgan fingerprint density at radius 3 is 2.55 bits per heavy atom. The van der Waals surface area contributed by atoms with Gasteiger partial charge in [0.15, 0.2) is 17.5 Å². The SMILES string of the molecule is Cn1c(=O)n(CCCOC2CCCCO2)c(=O)c2c1nc(Oc1cccc(OC(F)(F)F)c1)n2COCC[Si](C)(C)C. The van der Waals surface area contributed by atoms with Crippen molar-refractivity contribution in [2.45, 2.75) is 77.3 Å². The van der Waals surface area contributed by atoms with Crippen LogP contribution in [0.4, 0.5) is 13.2 Å². The molecule has 1 aliphatic rings. The fourth-order valence-corrected chi connectivity index (χ4v) is 5.16. The van der Waals surface area contributed by atoms with Gasteiger partial charge in [0.2, 0.25) is 0 Å². The zero-order chi connectivity index (χ0) is 30.5. The smallest absolute Gasteiger partial charge is 0.425 e. The number of halogens is 3. The molecule has 1 aromatic carbocycles. The molecule has 1 atom stereocenters. The molecule has 0 amide bonds. The summed E-state index contributed by atoms with van der Waals surface area (Å²) in [6.07, 6.45) is -1.94. The van der Waals surface area contributed by atoms with Crippen LogP contribution in [0.25, 0.3) is 11.2 Å². The lowest BCUT2D eigenvalue weighted by molar-refractivity contribution is -0.274. The number of imidazole rings is 1. The van der Waals surface area contributed by atoms with Crippen molar-refractivity contribution in [2.75, 3.05) is 19.8 Å². The van der Waals surface area contributed by atoms with Gasteiger partial charge in [-0.1, -0.05) is 25.7 Å². The Balaban J connectivity index is 1.64. The quantitative estimate of drug-likeness (QED) is 0.199. The van der Waals surface area contributed by atoms with Crippen LogP contribution in [-0.2, 0) is 34.5 Å². The van der Waals surface area contributed by atoms with Gasteiger partial charge < -0.3 is 23.7 Å². The molecule has 232 valence electrons. The molecule has 0 aliphatic carbocycles. The monoisotopic (exact) mass is 614 g/mol. The molecule has 11 nitrogen and oxygen atoms in total. The predicted octanol–water partition coefficient (Wildman–Crippen LogP) is 4.83. The second-order valence-electron chi connectivity index (χ2n) is 11.3. The number of hydrogen-bond acceptors (Lipinski definition) is 8. The van der Waals surface area contributed by atoms with E-state index in [2.05, 4.69) is 29.4 Å². The summed E-state index contributed by atoms with van der Waals surface area (Å²) in [6, 6.07) is 5.68. The van der Waals surface area contributed by atoms with E-state index in [1.807, 2.05) is 0 Å². The van der Waals surface area contributed by atoms with Crippen LogP contribution in [0.5, 0.6) is 17.5 Å². The highest BCUT2D eigenvalue weighted by Gasteiger charge is 2.31. The van der Waals surface area contributed by atoms with Gasteiger partial charge in [-0.3, -0.25) is 18.5 Å². The van der Waals surface area contributed by atoms with Crippen LogP contribution in [0.15, 0.2) is 33.9 Å². The zero-order valence-corrected chi connectivity index (χ0v) is 25.2. The Morgan fingerprint density at radius 2 is 1.86 bits per heavy atom. The molecule has 3 heterocycles. The first-order chi connectivity index (χ1) is 19.8. The summed E-state index contributed by atoms with van der Waals surface area (Å²) >= 11 is 0. The first-order valence-corrected chi connectivity index (χ1v) is 17.6. The molecule has 3 aromatic rings. The van der Waals surface area contributed by atoms with Crippen molar-refractivity contribution in [1.29, 1.82) is 0 Å². The van der Waals surface area contributed by atoms with Crippen molar-refractivity contribution in [3.8, 4) is 17.5 Å². The van der Waals surface area contributed by atoms with Crippen molar-refractivity contribution in [3.63, 3.8) is 0 Å². The van der Waals surface area contributed by atoms with Gasteiger partial charge in [0.1, 0.15) is 18.2 Å². The van der Waals surface area contributed by atoms with Gasteiger partial charge >= 0.3 is 18.1 Å². The van der Waals surface area contributed by atoms with Gasteiger partial charge in [-0.25, -0.2) is 4.79 Å². The maximum absolute atomic E-state index is 13.7. The molecule has 1 aliphatic heterocycles. The van der Waals surface area contributed by atoms with Crippen LogP contribution in [0.1, 0.15) is 25.7 Å². The molecule has 0 N–H and O–H groups in total. The number of ether oxygens (including phenoxy) is 5. The lowest BCUT2D eigenvalue weighted by Crippen LogP contribution is -2.40. The van der Waals surface area contributed by atoms with Crippen LogP contribution >= 0.6 is 0 Å². The molecule has 0 bridgehead atoms. The fourth-order valence-electron chi connectivity index (χ4n) is 4.40. The van der Waals surface area contributed by atoms with Crippen molar-refractivity contribution in [1.82, 2.24) is 18.7 Å². The molecule has 0 spiro atoms. The molecule has 15 heteroatoms. The summed E-state index contributed by atoms with van der Waals surface area (Å²) < 4.78 is 69.0. The molecule has 1 fully saturated rings. The standard InChI is InChI=1S/C27H37F3N4O7Si/c1-32-23-22(24(35)33(26(32)36)12-8-14-39-21-11-5-6-13-38-21)34(18-37-15-16-42(2,3)4)25(31-23)40-19-9-7-10-20(17-19)41-27(28,29)30/h7,9-10,17,21H,5-6,8,11-16,18H2,1-4H3. The number of benzene rings is 1. The number of alkyl halides is 3. The topological polar surface area (TPSA) is 108 Å². The maximum Gasteiger partial charge on any atom is 0.573 e. The minimum atomic E-state index is -4.88. The Hall–Kier alpha value is -3.14. The first-order valence-electron chi connectivity index (χ1n) is 13.9. The van der Waals surface area contributed by atoms with E-state index in [1.54, 1.807) is 0 Å². The molecule has 42 heavy (non-hydrogen) atoms. The highest BCUT2D eigenvalue weighted by molar-refractivity contribution is 6.76. The maximum atomic E-state index is 13.7. The number of hydrogen-bond donors (Lipinski definition) is 0. The number of aromatic nitrogens is 4. The molecule has 2 aromatic heterocycles. The van der Waals surface area contributed by atoms with E-state index < -0.39 is 31.4 Å². The Labute approximate surface area is 241 Å². The van der Waals surface area contributed by atoms with E-state index in [0.717, 1.165) is 42.0 Å². The van der Waals surface area contributed by atoms with Crippen LogP contribution in [0.3, 0.4) is 0 Å². The van der Waals surface area contributed by atoms with Crippen LogP contribution < -0.4 is 20.7 Å². The normalized spacial score (nSPS) is 16.2. The largest absolute Gasteiger partial charge is 0.573 e. The summed E-state index contributed by atoms with van der Waals surface area (Å²) in [7, 11) is 0.0638. The first kappa shape index (κ1) is 31.8. The molecule has 0 saturated carbocycles. The summed E-state index contributed by atoms with van der Waals surface area (Å²) in [4.78, 5) is 31.2. The van der Waals surface area contributed by atoms with E-state index in [4.69, 9.17) is 18.9 Å². The van der Waals surface area contributed by atoms with Gasteiger partial charge in [0.05, 0.1) is 6.61 Å². The van der Waals surface area contributed by atoms with E-state index in [-0.39, 0.29) is 42.5 Å². The summed E-state index contributed by atoms with van der Waals surface area (Å²) in [5, 5.41) is 0. The fraction of sp³-hybridized carbons (Fsp3) is 0.593. The molecular formula is C27H37F3N4O7Si. The van der Waals surface area contributed by atoms with E-state index >= 15 is 0 Å². The van der Waals surface area contributed by atoms with Crippen molar-refractivity contribution in [2.24, 2.45) is 7.05 Å². The Morgan fingerprint density at radius 1 is 1.10 bits per heavy atom. The van der Waals surface area contributed by atoms with Crippen LogP contribution in [0, 0.1) is 0 Å². The van der Waals surface area contributed by atoms with Crippen molar-refractivity contribution >= 4 is 19.2 Å². The minimum absolute atomic E-state index is 0.0113. The predicted molar refractivity (Wildman–Crippen MR) is 151 cm³/mol. The lowest BCUT2D eigenvalue weighted by Gasteiger charge is -2.22. The van der Waals surface area contributed by atoms with E-state index in [0.29, 0.717) is 26.2 Å². The second kappa shape index (κ2) is 13.4. The molecular weight excluding hydrogens is 577 g/mol. The summed E-state index contributed by atoms with van der Waals surface area (Å²) in [5.74, 6) is -0.493. The average Bonchev–Trinajstić information content (AvgIpc) is 3.27. The number of fused-ring (bicyclic) bond motifs is 1. The van der Waals surface area contributed by atoms with Crippen LogP contribution in [0.2, 0.25) is 25.7 Å². The number of aryl methyl sites for hydroxylation is 1. The number of rotatable bonds is 13. The number of nitrogens with zero attached hydrogens (tertiary/aromatic N) is 4. The molecule has 4 rings (SSSR count). The third-order valence-corrected chi connectivity index (χ3v) is 8.33. The molecule has 0 radical (unpaired) electrons. The molecule has 1 saturated heterocycles. The zero-order valence-electron chi connectivity index (χ0n) is 24.2. The van der Waals surface area contributed by atoms with Gasteiger partial charge in [0.25, 0.3) is 5.56 Å². The Kier molecular flexibility index (Phi) is 10.2. The van der Waals surface area contributed by atoms with Gasteiger partial charge in [-0.15, -0.1) is 13.2 Å². The highest BCUT2D eigenvalue weighted by atomic mass is 28.3. The van der Waals surface area contributed by atoms with Crippen molar-refractivity contribution < 1.29 is 36.9 Å². The van der Waals surface area contributed by atoms with E-state index in [9.17, 15) is 22.8 Å². The summed E-state index contributed by atoms with van der Waals surface area (Å²) in [6.45, 7) is 7.96. The van der Waals surface area contributed by atoms with Gasteiger partial charge in [-0.2, -0.15) is 4.98 Å². The highest BCUT2D eigenvalue weighted by Crippen LogP contribution is 2.30. The minimum Gasteiger partial charge on any atom is -0.425 e. The third kappa shape index (κ3) is 8.46. The van der Waals surface area contributed by atoms with E-state index in [1.165, 1.54) is 28.3 Å². The van der Waals surface area contributed by atoms with Crippen molar-refractivity contribution in [3.05, 3.63) is 45.1 Å². The molecule has 1 unspecified atom stereocenters. The summed E-state index contributed by atoms with van der Waals surface area (Å²) in [5.41, 5.74) is -1.04. The second-order valence-corrected chi connectivity index (χ2v) is 16.9. The average molecular weight is 615 g/mol. The Bertz CT molecular complexity index is 1470. The third-order valence-electron chi connectivity index (χ3n) is 6.63. The van der Waals surface area contributed by atoms with Crippen LogP contribution in [-0.4, -0.2) is 59.2 Å². The van der Waals surface area contributed by atoms with Gasteiger partial charge in [0, 0.05) is 40.9 Å². The van der Waals surface area contributed by atoms with Gasteiger partial charge in [-0.05, 0) is 43.9 Å². The lowest BCUT2D eigenvalue weighted by atomic mass is 10.2.